The monoisotopic (exact) mass is 933 g/mol. The van der Waals surface area contributed by atoms with Crippen molar-refractivity contribution in [1.82, 2.24) is 34.4 Å². The molecule has 62 heavy (non-hydrogen) atoms. The zero-order valence-electron chi connectivity index (χ0n) is 32.8. The van der Waals surface area contributed by atoms with Crippen molar-refractivity contribution in [2.24, 2.45) is 0 Å². The van der Waals surface area contributed by atoms with Crippen LogP contribution in [-0.4, -0.2) is 140 Å². The average Bonchev–Trinajstić information content (AvgIpc) is 4.02. The second-order valence-electron chi connectivity index (χ2n) is 14.1. The van der Waals surface area contributed by atoms with E-state index in [0.29, 0.717) is 12.8 Å². The number of allylic oxidation sites excluding steroid dienone is 1. The van der Waals surface area contributed by atoms with Crippen LogP contribution in [0.15, 0.2) is 42.4 Å². The number of anilines is 2. The topological polar surface area (TPSA) is 373 Å². The molecule has 9 N–H and O–H groups in total. The molecule has 0 spiro atoms. The maximum atomic E-state index is 14.6. The number of amides is 1. The van der Waals surface area contributed by atoms with E-state index >= 15 is 0 Å². The molecule has 0 aromatic carbocycles. The molecule has 3 fully saturated rings. The van der Waals surface area contributed by atoms with Crippen LogP contribution in [0.25, 0.3) is 11.2 Å². The number of esters is 1. The summed E-state index contributed by atoms with van der Waals surface area (Å²) in [5, 5.41) is 13.7. The fourth-order valence-electron chi connectivity index (χ4n) is 6.95. The molecular formula is C33H45N9O17P2S. The number of ether oxygens (including phenoxy) is 5. The molecular weight excluding hydrogens is 888 g/mol. The minimum atomic E-state index is -5.27. The van der Waals surface area contributed by atoms with E-state index in [0.717, 1.165) is 22.7 Å². The molecule has 3 aromatic heterocycles. The smallest absolute Gasteiger partial charge is 0.455 e. The number of nitrogens with one attached hydrogen (secondary N) is 1. The number of hydrogen-bond donors (Lipinski definition) is 7. The Kier molecular flexibility index (Phi) is 15.3. The van der Waals surface area contributed by atoms with Crippen molar-refractivity contribution in [1.29, 1.82) is 0 Å². The number of carbonyl (C=O) groups is 3. The second kappa shape index (κ2) is 20.1. The first-order chi connectivity index (χ1) is 29.4. The number of phosphoric acid groups is 1. The van der Waals surface area contributed by atoms with Gasteiger partial charge in [0.25, 0.3) is 0 Å². The molecule has 3 aromatic rings. The predicted molar refractivity (Wildman–Crippen MR) is 212 cm³/mol. The molecule has 6 rings (SSSR count). The molecule has 0 aliphatic carbocycles. The number of aromatic nitrogens is 6. The van der Waals surface area contributed by atoms with Crippen LogP contribution >= 0.6 is 27.2 Å². The molecule has 11 atom stereocenters. The Hall–Kier alpha value is -4.21. The van der Waals surface area contributed by atoms with Crippen molar-refractivity contribution < 1.29 is 76.0 Å². The molecule has 6 heterocycles. The van der Waals surface area contributed by atoms with E-state index in [1.54, 1.807) is 0 Å². The minimum Gasteiger partial charge on any atom is -0.455 e. The van der Waals surface area contributed by atoms with Crippen LogP contribution in [0, 0.1) is 0 Å². The van der Waals surface area contributed by atoms with Gasteiger partial charge in [0.2, 0.25) is 5.91 Å². The summed E-state index contributed by atoms with van der Waals surface area (Å²) in [5.41, 5.74) is 8.96. The number of carbonyl (C=O) groups excluding carboxylic acids is 3. The molecule has 340 valence electrons. The number of hydrogen-bond acceptors (Lipinski definition) is 21. The van der Waals surface area contributed by atoms with E-state index in [-0.39, 0.29) is 42.2 Å². The zero-order valence-corrected chi connectivity index (χ0v) is 35.4. The Labute approximate surface area is 355 Å². The van der Waals surface area contributed by atoms with Gasteiger partial charge in [-0.3, -0.25) is 27.8 Å². The molecule has 1 amide bonds. The molecule has 0 saturated carbocycles. The fraction of sp³-hybridized carbons (Fsp3) is 0.576. The molecule has 29 heteroatoms. The fourth-order valence-corrected chi connectivity index (χ4v) is 9.33. The van der Waals surface area contributed by atoms with Crippen molar-refractivity contribution >= 4 is 67.0 Å². The van der Waals surface area contributed by atoms with E-state index in [1.807, 2.05) is 0 Å². The molecule has 3 aliphatic heterocycles. The quantitative estimate of drug-likeness (QED) is 0.0441. The number of nitrogens with zero attached hydrogens (tertiary/aromatic N) is 6. The molecule has 0 bridgehead atoms. The standard InChI is InChI=1S/C33H45N9O17P2S/c1-3-4-6-20(43)39-16(11-21(44)62-2)32(46)59-25-17(56-30(24(25)45)42-15-38-23-28(35)36-14-37-29(23)42)12-54-60(48,49)27-18(13-55-61(50,51)52)57-31(26(27)58-22-7-5-10-53-22)41-9-8-19(34)40-33(41)47/h3,8-9,14-18,22,24-27,30-31,45H,1,4-7,10-13H2,2H3,(H,39,43)(H,48,49)(H2,34,40,47)(H2,35,36,37)(H2,50,51,52)/t16-,17+,18+,22?,24+,25+,26+,27+,30+,31+/m0/s1. The van der Waals surface area contributed by atoms with Gasteiger partial charge in [0.05, 0.1) is 19.5 Å². The summed E-state index contributed by atoms with van der Waals surface area (Å²) >= 11 is 0.790. The Morgan fingerprint density at radius 3 is 2.50 bits per heavy atom. The number of rotatable bonds is 19. The number of nitrogen functional groups attached to an aromatic ring is 2. The van der Waals surface area contributed by atoms with E-state index in [4.69, 9.17) is 39.7 Å². The highest BCUT2D eigenvalue weighted by atomic mass is 32.2. The Morgan fingerprint density at radius 2 is 1.82 bits per heavy atom. The molecule has 2 unspecified atom stereocenters. The lowest BCUT2D eigenvalue weighted by atomic mass is 10.1. The highest BCUT2D eigenvalue weighted by Gasteiger charge is 2.58. The van der Waals surface area contributed by atoms with Gasteiger partial charge in [0.1, 0.15) is 53.8 Å². The number of imidazole rings is 1. The largest absolute Gasteiger partial charge is 0.469 e. The third kappa shape index (κ3) is 11.1. The van der Waals surface area contributed by atoms with Crippen molar-refractivity contribution in [2.45, 2.75) is 93.1 Å². The van der Waals surface area contributed by atoms with Crippen molar-refractivity contribution in [3.05, 3.63) is 48.1 Å². The van der Waals surface area contributed by atoms with Gasteiger partial charge >= 0.3 is 27.1 Å². The Morgan fingerprint density at radius 1 is 1.08 bits per heavy atom. The van der Waals surface area contributed by atoms with Crippen molar-refractivity contribution in [3.8, 4) is 0 Å². The lowest BCUT2D eigenvalue weighted by Gasteiger charge is -2.30. The number of aliphatic hydroxyl groups is 1. The number of aliphatic hydroxyl groups excluding tert-OH is 1. The first-order valence-electron chi connectivity index (χ1n) is 18.8. The van der Waals surface area contributed by atoms with E-state index in [9.17, 15) is 48.1 Å². The number of phosphoric ester groups is 1. The van der Waals surface area contributed by atoms with Gasteiger partial charge in [-0.05, 0) is 25.2 Å². The number of nitrogens with two attached hydrogens (primary N) is 2. The first kappa shape index (κ1) is 47.3. The molecule has 26 nitrogen and oxygen atoms in total. The predicted octanol–water partition coefficient (Wildman–Crippen LogP) is -0.753. The van der Waals surface area contributed by atoms with E-state index in [1.165, 1.54) is 35.5 Å². The molecule has 3 aliphatic rings. The Bertz CT molecular complexity index is 2280. The van der Waals surface area contributed by atoms with Crippen LogP contribution in [-0.2, 0) is 56.2 Å². The van der Waals surface area contributed by atoms with Crippen LogP contribution in [0.1, 0.15) is 44.6 Å². The maximum absolute atomic E-state index is 14.6. The summed E-state index contributed by atoms with van der Waals surface area (Å²) in [6, 6.07) is -0.314. The number of thioether (sulfide) groups is 1. The van der Waals surface area contributed by atoms with E-state index < -0.39 is 119 Å². The van der Waals surface area contributed by atoms with Gasteiger partial charge in [0.15, 0.2) is 41.4 Å². The van der Waals surface area contributed by atoms with Crippen LogP contribution in [0.4, 0.5) is 11.6 Å². The summed E-state index contributed by atoms with van der Waals surface area (Å²) in [4.78, 5) is 98.8. The van der Waals surface area contributed by atoms with Gasteiger partial charge < -0.3 is 64.8 Å². The molecule has 3 saturated heterocycles. The van der Waals surface area contributed by atoms with Gasteiger partial charge in [-0.25, -0.2) is 29.1 Å². The summed E-state index contributed by atoms with van der Waals surface area (Å²) in [6.45, 7) is 1.85. The normalized spacial score (nSPS) is 27.8. The third-order valence-electron chi connectivity index (χ3n) is 9.86. The average molecular weight is 934 g/mol. The van der Waals surface area contributed by atoms with Gasteiger partial charge in [0, 0.05) is 32.1 Å². The van der Waals surface area contributed by atoms with Gasteiger partial charge in [-0.15, -0.1) is 6.58 Å². The van der Waals surface area contributed by atoms with E-state index in [2.05, 4.69) is 36.4 Å². The van der Waals surface area contributed by atoms with Gasteiger partial charge in [-0.2, -0.15) is 4.98 Å². The van der Waals surface area contributed by atoms with Crippen LogP contribution in [0.5, 0.6) is 0 Å². The second-order valence-corrected chi connectivity index (χ2v) is 18.1. The maximum Gasteiger partial charge on any atom is 0.469 e. The highest BCUT2D eigenvalue weighted by Crippen LogP contribution is 2.58. The van der Waals surface area contributed by atoms with Gasteiger partial charge in [-0.1, -0.05) is 17.8 Å². The van der Waals surface area contributed by atoms with Crippen LogP contribution in [0.3, 0.4) is 0 Å². The SMILES string of the molecule is C=CCCC(=O)N[C@@H](CC(=O)SC)C(=O)O[C@H]1[C@@H](O)[C@H](n2cnc3c(N)ncnc32)O[C@@H]1COP(=O)(O)[C@H]1[C@@H](OC2CCCO2)[C@H](n2ccc(N)nc2=O)O[C@@H]1COP(=O)(O)O. The first-order valence-corrected chi connectivity index (χ1v) is 23.2. The Balaban J connectivity index is 1.33. The van der Waals surface area contributed by atoms with Crippen molar-refractivity contribution in [3.63, 3.8) is 0 Å². The lowest BCUT2D eigenvalue weighted by Crippen LogP contribution is -2.47. The number of fused-ring (bicyclic) bond motifs is 1. The van der Waals surface area contributed by atoms with Crippen molar-refractivity contribution in [2.75, 3.05) is 37.5 Å². The summed E-state index contributed by atoms with van der Waals surface area (Å²) < 4.78 is 68.5. The zero-order chi connectivity index (χ0) is 44.9. The van der Waals surface area contributed by atoms with Crippen LogP contribution < -0.4 is 22.5 Å². The summed E-state index contributed by atoms with van der Waals surface area (Å²) in [6.07, 6.45) is -5.65. The highest BCUT2D eigenvalue weighted by molar-refractivity contribution is 8.13. The summed E-state index contributed by atoms with van der Waals surface area (Å²) in [7, 11) is -10.5. The lowest BCUT2D eigenvalue weighted by molar-refractivity contribution is -0.170. The summed E-state index contributed by atoms with van der Waals surface area (Å²) in [5.74, 6) is -1.98. The minimum absolute atomic E-state index is 0.0232. The third-order valence-corrected chi connectivity index (χ3v) is 12.9. The van der Waals surface area contributed by atoms with Crippen LogP contribution in [0.2, 0.25) is 0 Å². The molecule has 0 radical (unpaired) electrons.